The van der Waals surface area contributed by atoms with Crippen molar-refractivity contribution in [3.8, 4) is 11.5 Å². The Morgan fingerprint density at radius 2 is 1.86 bits per heavy atom. The van der Waals surface area contributed by atoms with Gasteiger partial charge in [-0.3, -0.25) is 0 Å². The van der Waals surface area contributed by atoms with Crippen molar-refractivity contribution >= 4 is 23.0 Å². The average molecular weight is 311 g/mol. The molecule has 0 aliphatic carbocycles. The topological polar surface area (TPSA) is 56.5 Å². The van der Waals surface area contributed by atoms with Gasteiger partial charge in [0.2, 0.25) is 0 Å². The Morgan fingerprint density at radius 3 is 2.52 bits per heavy atom. The van der Waals surface area contributed by atoms with Gasteiger partial charge >= 0.3 is 0 Å². The summed E-state index contributed by atoms with van der Waals surface area (Å²) >= 11 is 5.75. The van der Waals surface area contributed by atoms with Crippen molar-refractivity contribution in [2.45, 2.75) is 6.54 Å². The van der Waals surface area contributed by atoms with E-state index in [1.54, 1.807) is 14.2 Å². The largest absolute Gasteiger partial charge is 0.493 e. The van der Waals surface area contributed by atoms with E-state index in [4.69, 9.17) is 26.8 Å². The van der Waals surface area contributed by atoms with Crippen LogP contribution in [-0.2, 0) is 6.54 Å². The predicted molar refractivity (Wildman–Crippen MR) is 82.7 cm³/mol. The number of nitrogen functional groups attached to an aromatic ring is 1. The Hall–Kier alpha value is -2.14. The molecule has 0 aliphatic rings. The van der Waals surface area contributed by atoms with Crippen LogP contribution in [0.1, 0.15) is 5.56 Å². The van der Waals surface area contributed by atoms with Crippen LogP contribution in [0.4, 0.5) is 15.8 Å². The fraction of sp³-hybridized carbons (Fsp3) is 0.200. The van der Waals surface area contributed by atoms with Gasteiger partial charge < -0.3 is 20.5 Å². The molecule has 0 unspecified atom stereocenters. The van der Waals surface area contributed by atoms with Gasteiger partial charge in [-0.1, -0.05) is 17.7 Å². The summed E-state index contributed by atoms with van der Waals surface area (Å²) in [7, 11) is 3.16. The molecule has 2 rings (SSSR count). The maximum atomic E-state index is 13.2. The van der Waals surface area contributed by atoms with Crippen LogP contribution in [0.3, 0.4) is 0 Å². The van der Waals surface area contributed by atoms with Crippen molar-refractivity contribution in [2.24, 2.45) is 0 Å². The molecular weight excluding hydrogens is 295 g/mol. The number of anilines is 2. The van der Waals surface area contributed by atoms with Gasteiger partial charge in [-0.05, 0) is 23.8 Å². The standard InChI is InChI=1S/C15H16ClFN2O2/c1-20-14-4-3-9(5-15(14)21-2)8-19-13-6-10(16)11(17)7-12(13)18/h3-7,19H,8,18H2,1-2H3. The zero-order valence-electron chi connectivity index (χ0n) is 11.7. The third-order valence-electron chi connectivity index (χ3n) is 3.02. The van der Waals surface area contributed by atoms with Gasteiger partial charge in [0.1, 0.15) is 5.82 Å². The first kappa shape index (κ1) is 15.3. The number of ether oxygens (including phenoxy) is 2. The number of hydrogen-bond acceptors (Lipinski definition) is 4. The van der Waals surface area contributed by atoms with Crippen LogP contribution >= 0.6 is 11.6 Å². The molecule has 6 heteroatoms. The minimum Gasteiger partial charge on any atom is -0.493 e. The van der Waals surface area contributed by atoms with Gasteiger partial charge in [-0.25, -0.2) is 4.39 Å². The third-order valence-corrected chi connectivity index (χ3v) is 3.31. The zero-order chi connectivity index (χ0) is 15.4. The molecule has 0 heterocycles. The number of benzene rings is 2. The van der Waals surface area contributed by atoms with E-state index in [1.165, 1.54) is 12.1 Å². The van der Waals surface area contributed by atoms with Crippen LogP contribution in [0.2, 0.25) is 5.02 Å². The predicted octanol–water partition coefficient (Wildman–Crippen LogP) is 3.69. The molecule has 0 saturated carbocycles. The van der Waals surface area contributed by atoms with Gasteiger partial charge in [0.05, 0.1) is 30.6 Å². The molecule has 0 amide bonds. The summed E-state index contributed by atoms with van der Waals surface area (Å²) < 4.78 is 23.7. The lowest BCUT2D eigenvalue weighted by Crippen LogP contribution is -2.03. The first-order chi connectivity index (χ1) is 10.0. The number of hydrogen-bond donors (Lipinski definition) is 2. The minimum absolute atomic E-state index is 0.0269. The normalized spacial score (nSPS) is 10.3. The van der Waals surface area contributed by atoms with Crippen molar-refractivity contribution in [1.29, 1.82) is 0 Å². The Bertz CT molecular complexity index is 650. The molecule has 0 bridgehead atoms. The highest BCUT2D eigenvalue weighted by atomic mass is 35.5. The van der Waals surface area contributed by atoms with Crippen LogP contribution in [0.25, 0.3) is 0 Å². The first-order valence-electron chi connectivity index (χ1n) is 6.24. The molecule has 21 heavy (non-hydrogen) atoms. The van der Waals surface area contributed by atoms with Crippen molar-refractivity contribution in [3.63, 3.8) is 0 Å². The number of nitrogens with two attached hydrogens (primary N) is 1. The molecule has 3 N–H and O–H groups in total. The van der Waals surface area contributed by atoms with Gasteiger partial charge in [0.15, 0.2) is 11.5 Å². The summed E-state index contributed by atoms with van der Waals surface area (Å²) in [5.41, 5.74) is 7.60. The van der Waals surface area contributed by atoms with Crippen molar-refractivity contribution in [1.82, 2.24) is 0 Å². The van der Waals surface area contributed by atoms with E-state index in [-0.39, 0.29) is 5.02 Å². The molecule has 0 atom stereocenters. The summed E-state index contributed by atoms with van der Waals surface area (Å²) in [6.07, 6.45) is 0. The highest BCUT2D eigenvalue weighted by molar-refractivity contribution is 6.31. The second-order valence-electron chi connectivity index (χ2n) is 4.40. The first-order valence-corrected chi connectivity index (χ1v) is 6.62. The lowest BCUT2D eigenvalue weighted by atomic mass is 10.2. The average Bonchev–Trinajstić information content (AvgIpc) is 2.49. The van der Waals surface area contributed by atoms with Gasteiger partial charge in [0.25, 0.3) is 0 Å². The van der Waals surface area contributed by atoms with Crippen LogP contribution in [0, 0.1) is 5.82 Å². The van der Waals surface area contributed by atoms with E-state index in [2.05, 4.69) is 5.32 Å². The number of rotatable bonds is 5. The van der Waals surface area contributed by atoms with E-state index >= 15 is 0 Å². The summed E-state index contributed by atoms with van der Waals surface area (Å²) in [5.74, 6) is 0.762. The summed E-state index contributed by atoms with van der Waals surface area (Å²) in [6.45, 7) is 0.493. The highest BCUT2D eigenvalue weighted by Crippen LogP contribution is 2.29. The fourth-order valence-corrected chi connectivity index (χ4v) is 2.07. The Kier molecular flexibility index (Phi) is 4.75. The lowest BCUT2D eigenvalue weighted by Gasteiger charge is -2.12. The van der Waals surface area contributed by atoms with Crippen LogP contribution in [0.5, 0.6) is 11.5 Å². The second-order valence-corrected chi connectivity index (χ2v) is 4.80. The number of halogens is 2. The van der Waals surface area contributed by atoms with E-state index < -0.39 is 5.82 Å². The summed E-state index contributed by atoms with van der Waals surface area (Å²) in [5, 5.41) is 3.14. The van der Waals surface area contributed by atoms with Gasteiger partial charge in [-0.15, -0.1) is 0 Å². The number of methoxy groups -OCH3 is 2. The molecule has 4 nitrogen and oxygen atoms in total. The van der Waals surface area contributed by atoms with E-state index in [9.17, 15) is 4.39 Å². The molecule has 0 radical (unpaired) electrons. The van der Waals surface area contributed by atoms with Crippen LogP contribution < -0.4 is 20.5 Å². The summed E-state index contributed by atoms with van der Waals surface area (Å²) in [4.78, 5) is 0. The van der Waals surface area contributed by atoms with Gasteiger partial charge in [0, 0.05) is 12.6 Å². The maximum absolute atomic E-state index is 13.2. The molecule has 0 fully saturated rings. The molecule has 0 spiro atoms. The monoisotopic (exact) mass is 310 g/mol. The highest BCUT2D eigenvalue weighted by Gasteiger charge is 2.08. The Labute approximate surface area is 127 Å². The van der Waals surface area contributed by atoms with E-state index in [1.807, 2.05) is 18.2 Å². The van der Waals surface area contributed by atoms with E-state index in [0.717, 1.165) is 5.56 Å². The van der Waals surface area contributed by atoms with Crippen molar-refractivity contribution in [2.75, 3.05) is 25.3 Å². The lowest BCUT2D eigenvalue weighted by molar-refractivity contribution is 0.354. The van der Waals surface area contributed by atoms with Crippen molar-refractivity contribution in [3.05, 3.63) is 46.7 Å². The number of nitrogens with one attached hydrogen (secondary N) is 1. The quantitative estimate of drug-likeness (QED) is 0.827. The molecule has 0 saturated heterocycles. The molecule has 112 valence electrons. The Balaban J connectivity index is 2.15. The van der Waals surface area contributed by atoms with Gasteiger partial charge in [-0.2, -0.15) is 0 Å². The smallest absolute Gasteiger partial charge is 0.161 e. The second kappa shape index (κ2) is 6.54. The molecular formula is C15H16ClFN2O2. The third kappa shape index (κ3) is 3.49. The summed E-state index contributed by atoms with van der Waals surface area (Å²) in [6, 6.07) is 8.23. The Morgan fingerprint density at radius 1 is 1.14 bits per heavy atom. The fourth-order valence-electron chi connectivity index (χ4n) is 1.90. The molecule has 2 aromatic carbocycles. The van der Waals surface area contributed by atoms with E-state index in [0.29, 0.717) is 29.4 Å². The van der Waals surface area contributed by atoms with Crippen molar-refractivity contribution < 1.29 is 13.9 Å². The van der Waals surface area contributed by atoms with Crippen LogP contribution in [-0.4, -0.2) is 14.2 Å². The van der Waals surface area contributed by atoms with Crippen LogP contribution in [0.15, 0.2) is 30.3 Å². The minimum atomic E-state index is -0.536. The molecule has 2 aromatic rings. The zero-order valence-corrected chi connectivity index (χ0v) is 12.5. The molecule has 0 aliphatic heterocycles. The SMILES string of the molecule is COc1ccc(CNc2cc(Cl)c(F)cc2N)cc1OC. The molecule has 0 aromatic heterocycles. The maximum Gasteiger partial charge on any atom is 0.161 e.